The molecule has 0 radical (unpaired) electrons. The third kappa shape index (κ3) is 5.86. The fraction of sp³-hybridized carbons (Fsp3) is 0.500. The van der Waals surface area contributed by atoms with Crippen LogP contribution in [-0.4, -0.2) is 66.5 Å². The molecule has 1 aliphatic rings. The lowest BCUT2D eigenvalue weighted by atomic mass is 10.0. The number of alkyl halides is 3. The summed E-state index contributed by atoms with van der Waals surface area (Å²) >= 11 is 0. The van der Waals surface area contributed by atoms with Crippen molar-refractivity contribution >= 4 is 11.7 Å². The van der Waals surface area contributed by atoms with Gasteiger partial charge in [0.2, 0.25) is 0 Å². The highest BCUT2D eigenvalue weighted by molar-refractivity contribution is 5.74. The van der Waals surface area contributed by atoms with Crippen LogP contribution in [0.1, 0.15) is 24.5 Å². The fourth-order valence-electron chi connectivity index (χ4n) is 3.53. The summed E-state index contributed by atoms with van der Waals surface area (Å²) in [6.45, 7) is 1.45. The first-order chi connectivity index (χ1) is 16.2. The Hall–Kier alpha value is -3.12. The van der Waals surface area contributed by atoms with Crippen LogP contribution in [-0.2, 0) is 27.0 Å². The lowest BCUT2D eigenvalue weighted by Crippen LogP contribution is -2.52. The van der Waals surface area contributed by atoms with Crippen LogP contribution in [0.2, 0.25) is 0 Å². The van der Waals surface area contributed by atoms with Crippen LogP contribution in [0.25, 0.3) is 0 Å². The molecule has 1 aliphatic heterocycles. The van der Waals surface area contributed by atoms with Crippen molar-refractivity contribution in [3.8, 4) is 5.75 Å². The van der Waals surface area contributed by atoms with Gasteiger partial charge in [0.25, 0.3) is 5.56 Å². The number of anilines is 1. The Morgan fingerprint density at radius 3 is 2.56 bits per heavy atom. The fourth-order valence-corrected chi connectivity index (χ4v) is 3.53. The number of methoxy groups -OCH3 is 1. The Morgan fingerprint density at radius 1 is 1.29 bits per heavy atom. The summed E-state index contributed by atoms with van der Waals surface area (Å²) in [4.78, 5) is 25.6. The first-order valence-corrected chi connectivity index (χ1v) is 10.6. The molecule has 1 N–H and O–H groups in total. The highest BCUT2D eigenvalue weighted by Gasteiger charge is 2.42. The molecule has 1 aromatic heterocycles. The van der Waals surface area contributed by atoms with Gasteiger partial charge < -0.3 is 24.2 Å². The Labute approximate surface area is 193 Å². The molecule has 2 aromatic rings. The lowest BCUT2D eigenvalue weighted by Gasteiger charge is -2.43. The number of halogens is 3. The van der Waals surface area contributed by atoms with Crippen molar-refractivity contribution in [1.29, 1.82) is 0 Å². The van der Waals surface area contributed by atoms with Crippen molar-refractivity contribution in [3.05, 3.63) is 51.9 Å². The average molecular weight is 485 g/mol. The van der Waals surface area contributed by atoms with Gasteiger partial charge >= 0.3 is 12.1 Å². The molecule has 3 rings (SSSR count). The smallest absolute Gasteiger partial charge is 0.423 e. The van der Waals surface area contributed by atoms with Crippen LogP contribution in [0.5, 0.6) is 5.75 Å². The van der Waals surface area contributed by atoms with E-state index in [1.807, 2.05) is 0 Å². The van der Waals surface area contributed by atoms with E-state index in [4.69, 9.17) is 9.47 Å². The van der Waals surface area contributed by atoms with Crippen LogP contribution >= 0.6 is 0 Å². The van der Waals surface area contributed by atoms with Gasteiger partial charge in [0.15, 0.2) is 6.10 Å². The molecule has 1 fully saturated rings. The molecule has 0 saturated carbocycles. The van der Waals surface area contributed by atoms with Gasteiger partial charge in [0.05, 0.1) is 51.4 Å². The molecule has 9 nitrogen and oxygen atoms in total. The lowest BCUT2D eigenvalue weighted by molar-refractivity contribution is -0.156. The summed E-state index contributed by atoms with van der Waals surface area (Å²) in [6.07, 6.45) is -4.82. The molecule has 0 spiro atoms. The number of aliphatic hydroxyl groups excluding tert-OH is 1. The first kappa shape index (κ1) is 25.5. The van der Waals surface area contributed by atoms with Crippen molar-refractivity contribution in [1.82, 2.24) is 9.78 Å². The monoisotopic (exact) mass is 485 g/mol. The number of aromatic nitrogens is 2. The van der Waals surface area contributed by atoms with E-state index in [1.165, 1.54) is 12.0 Å². The summed E-state index contributed by atoms with van der Waals surface area (Å²) in [5.41, 5.74) is -2.28. The number of esters is 1. The number of ether oxygens (including phenoxy) is 3. The molecular formula is C22H26F3N3O6. The molecule has 0 amide bonds. The summed E-state index contributed by atoms with van der Waals surface area (Å²) in [7, 11) is 1.49. The predicted molar refractivity (Wildman–Crippen MR) is 115 cm³/mol. The van der Waals surface area contributed by atoms with Gasteiger partial charge in [-0.05, 0) is 31.0 Å². The zero-order valence-electron chi connectivity index (χ0n) is 18.7. The molecule has 2 atom stereocenters. The number of carbonyl (C=O) groups is 1. The van der Waals surface area contributed by atoms with Gasteiger partial charge in [0.1, 0.15) is 11.3 Å². The minimum atomic E-state index is -4.89. The van der Waals surface area contributed by atoms with Crippen LogP contribution in [0, 0.1) is 0 Å². The standard InChI is InChI=1S/C22H26F3N3O6/c1-3-34-21(31)18(29)13-33-12-15-8-9-27(15)17-10-26-28(20(30)19(17)22(23,24)25)11-14-4-6-16(32-2)7-5-14/h4-7,10,15,18,29H,3,8-9,11-13H2,1-2H3/t15-,18?/m0/s1. The molecular weight excluding hydrogens is 459 g/mol. The van der Waals surface area contributed by atoms with E-state index in [0.29, 0.717) is 17.7 Å². The van der Waals surface area contributed by atoms with Crippen molar-refractivity contribution in [3.63, 3.8) is 0 Å². The topological polar surface area (TPSA) is 103 Å². The molecule has 12 heteroatoms. The molecule has 1 saturated heterocycles. The molecule has 1 unspecified atom stereocenters. The Balaban J connectivity index is 1.75. The number of carbonyl (C=O) groups excluding carboxylic acids is 1. The van der Waals surface area contributed by atoms with Gasteiger partial charge in [-0.3, -0.25) is 4.79 Å². The number of aliphatic hydroxyl groups is 1. The number of rotatable bonds is 10. The van der Waals surface area contributed by atoms with Gasteiger partial charge in [-0.2, -0.15) is 18.3 Å². The second-order valence-corrected chi connectivity index (χ2v) is 7.65. The minimum Gasteiger partial charge on any atom is -0.497 e. The first-order valence-electron chi connectivity index (χ1n) is 10.6. The summed E-state index contributed by atoms with van der Waals surface area (Å²) in [5.74, 6) is -0.256. The number of benzene rings is 1. The Bertz CT molecular complexity index is 1040. The molecule has 2 heterocycles. The van der Waals surface area contributed by atoms with Crippen molar-refractivity contribution < 1.29 is 37.3 Å². The number of hydrogen-bond donors (Lipinski definition) is 1. The van der Waals surface area contributed by atoms with Crippen molar-refractivity contribution in [2.24, 2.45) is 0 Å². The van der Waals surface area contributed by atoms with E-state index < -0.39 is 35.4 Å². The maximum Gasteiger partial charge on any atom is 0.423 e. The van der Waals surface area contributed by atoms with Gasteiger partial charge in [-0.25, -0.2) is 9.48 Å². The Morgan fingerprint density at radius 2 is 2.00 bits per heavy atom. The summed E-state index contributed by atoms with van der Waals surface area (Å²) < 4.78 is 57.5. The minimum absolute atomic E-state index is 0.0390. The summed E-state index contributed by atoms with van der Waals surface area (Å²) in [6, 6.07) is 6.10. The molecule has 186 valence electrons. The average Bonchev–Trinajstić information content (AvgIpc) is 2.77. The van der Waals surface area contributed by atoms with Crippen molar-refractivity contribution in [2.45, 2.75) is 38.2 Å². The van der Waals surface area contributed by atoms with Crippen molar-refractivity contribution in [2.75, 3.05) is 38.4 Å². The van der Waals surface area contributed by atoms with E-state index in [0.717, 1.165) is 10.9 Å². The van der Waals surface area contributed by atoms with E-state index >= 15 is 0 Å². The van der Waals surface area contributed by atoms with E-state index in [1.54, 1.807) is 31.2 Å². The normalized spacial score (nSPS) is 16.6. The van der Waals surface area contributed by atoms with Crippen LogP contribution < -0.4 is 15.2 Å². The maximum atomic E-state index is 13.9. The SMILES string of the molecule is CCOC(=O)C(O)COC[C@@H]1CCN1c1cnn(Cc2ccc(OC)cc2)c(=O)c1C(F)(F)F. The van der Waals surface area contributed by atoms with E-state index in [-0.39, 0.29) is 38.6 Å². The molecule has 0 bridgehead atoms. The highest BCUT2D eigenvalue weighted by atomic mass is 19.4. The molecule has 0 aliphatic carbocycles. The Kier molecular flexibility index (Phi) is 8.15. The third-order valence-corrected chi connectivity index (χ3v) is 5.40. The summed E-state index contributed by atoms with van der Waals surface area (Å²) in [5, 5.41) is 13.6. The zero-order valence-corrected chi connectivity index (χ0v) is 18.7. The highest BCUT2D eigenvalue weighted by Crippen LogP contribution is 2.37. The maximum absolute atomic E-state index is 13.9. The second kappa shape index (κ2) is 10.9. The van der Waals surface area contributed by atoms with Gasteiger partial charge in [0, 0.05) is 6.54 Å². The van der Waals surface area contributed by atoms with Crippen LogP contribution in [0.3, 0.4) is 0 Å². The largest absolute Gasteiger partial charge is 0.497 e. The quantitative estimate of drug-likeness (QED) is 0.509. The molecule has 34 heavy (non-hydrogen) atoms. The number of nitrogens with zero attached hydrogens (tertiary/aromatic N) is 3. The van der Waals surface area contributed by atoms with Crippen LogP contribution in [0.4, 0.5) is 18.9 Å². The number of hydrogen-bond acceptors (Lipinski definition) is 8. The molecule has 1 aromatic carbocycles. The van der Waals surface area contributed by atoms with Gasteiger partial charge in [-0.15, -0.1) is 0 Å². The van der Waals surface area contributed by atoms with Gasteiger partial charge in [-0.1, -0.05) is 12.1 Å². The predicted octanol–water partition coefficient (Wildman–Crippen LogP) is 1.84. The van der Waals surface area contributed by atoms with E-state index in [9.17, 15) is 27.9 Å². The van der Waals surface area contributed by atoms with Crippen LogP contribution in [0.15, 0.2) is 35.3 Å². The second-order valence-electron chi connectivity index (χ2n) is 7.65. The van der Waals surface area contributed by atoms with E-state index in [2.05, 4.69) is 9.84 Å². The zero-order chi connectivity index (χ0) is 24.9. The third-order valence-electron chi connectivity index (χ3n) is 5.40.